The van der Waals surface area contributed by atoms with Crippen molar-refractivity contribution in [1.82, 2.24) is 0 Å². The molecule has 0 fully saturated rings. The van der Waals surface area contributed by atoms with Gasteiger partial charge in [0.15, 0.2) is 17.6 Å². The smallest absolute Gasteiger partial charge is 0.346 e. The van der Waals surface area contributed by atoms with E-state index in [0.717, 1.165) is 24.3 Å². The Morgan fingerprint density at radius 1 is 1.21 bits per heavy atom. The maximum atomic E-state index is 12.9. The highest BCUT2D eigenvalue weighted by Gasteiger charge is 2.28. The molecule has 29 heavy (non-hydrogen) atoms. The molecule has 1 N–H and O–H groups in total. The van der Waals surface area contributed by atoms with Gasteiger partial charge >= 0.3 is 5.97 Å². The lowest BCUT2D eigenvalue weighted by Gasteiger charge is -2.15. The van der Waals surface area contributed by atoms with Crippen LogP contribution in [-0.2, 0) is 9.53 Å². The van der Waals surface area contributed by atoms with Crippen molar-refractivity contribution >= 4 is 23.3 Å². The molecule has 0 aromatic heterocycles. The first kappa shape index (κ1) is 21.6. The predicted molar refractivity (Wildman–Crippen MR) is 101 cm³/mol. The molecule has 1 atom stereocenters. The van der Waals surface area contributed by atoms with Crippen molar-refractivity contribution in [3.63, 3.8) is 0 Å². The van der Waals surface area contributed by atoms with Crippen LogP contribution in [0.3, 0.4) is 0 Å². The number of ether oxygens (including phenoxy) is 3. The van der Waals surface area contributed by atoms with Crippen LogP contribution in [0.2, 0.25) is 0 Å². The summed E-state index contributed by atoms with van der Waals surface area (Å²) in [6, 6.07) is 7.16. The third-order valence-corrected chi connectivity index (χ3v) is 3.76. The highest BCUT2D eigenvalue weighted by Crippen LogP contribution is 2.35. The quantitative estimate of drug-likeness (QED) is 0.406. The van der Waals surface area contributed by atoms with Gasteiger partial charge in [0, 0.05) is 11.8 Å². The fraction of sp³-hybridized carbons (Fsp3) is 0.263. The number of amides is 1. The van der Waals surface area contributed by atoms with E-state index in [1.807, 2.05) is 0 Å². The summed E-state index contributed by atoms with van der Waals surface area (Å²) < 4.78 is 28.4. The maximum absolute atomic E-state index is 12.9. The molecular formula is C19H19FN2O7. The Morgan fingerprint density at radius 3 is 2.41 bits per heavy atom. The number of hydrogen-bond acceptors (Lipinski definition) is 7. The van der Waals surface area contributed by atoms with Crippen molar-refractivity contribution in [1.29, 1.82) is 0 Å². The van der Waals surface area contributed by atoms with Gasteiger partial charge in [-0.25, -0.2) is 9.18 Å². The molecule has 0 saturated heterocycles. The second-order valence-corrected chi connectivity index (χ2v) is 5.75. The fourth-order valence-corrected chi connectivity index (χ4v) is 2.35. The predicted octanol–water partition coefficient (Wildman–Crippen LogP) is 3.33. The number of benzene rings is 2. The van der Waals surface area contributed by atoms with Crippen LogP contribution in [-0.4, -0.2) is 36.6 Å². The zero-order chi connectivity index (χ0) is 21.6. The first-order chi connectivity index (χ1) is 13.8. The Kier molecular flexibility index (Phi) is 7.07. The largest absolute Gasteiger partial charge is 0.493 e. The van der Waals surface area contributed by atoms with E-state index >= 15 is 0 Å². The van der Waals surface area contributed by atoms with Gasteiger partial charge in [0.1, 0.15) is 11.4 Å². The monoisotopic (exact) mass is 406 g/mol. The molecule has 0 unspecified atom stereocenters. The topological polar surface area (TPSA) is 117 Å². The summed E-state index contributed by atoms with van der Waals surface area (Å²) in [5.41, 5.74) is -0.643. The van der Waals surface area contributed by atoms with Crippen LogP contribution in [0.15, 0.2) is 36.4 Å². The molecule has 2 aromatic carbocycles. The molecule has 0 bridgehead atoms. The normalized spacial score (nSPS) is 11.3. The Balaban J connectivity index is 2.21. The molecule has 0 saturated carbocycles. The summed E-state index contributed by atoms with van der Waals surface area (Å²) in [5, 5.41) is 13.8. The summed E-state index contributed by atoms with van der Waals surface area (Å²) >= 11 is 0. The van der Waals surface area contributed by atoms with Gasteiger partial charge in [-0.15, -0.1) is 0 Å². The van der Waals surface area contributed by atoms with Gasteiger partial charge in [0.2, 0.25) is 0 Å². The van der Waals surface area contributed by atoms with E-state index in [-0.39, 0.29) is 23.7 Å². The van der Waals surface area contributed by atoms with Gasteiger partial charge in [-0.05, 0) is 38.1 Å². The van der Waals surface area contributed by atoms with Crippen LogP contribution in [0.5, 0.6) is 11.5 Å². The highest BCUT2D eigenvalue weighted by atomic mass is 19.1. The number of halogens is 1. The van der Waals surface area contributed by atoms with Crippen molar-refractivity contribution in [2.75, 3.05) is 19.0 Å². The lowest BCUT2D eigenvalue weighted by molar-refractivity contribution is -0.385. The zero-order valence-corrected chi connectivity index (χ0v) is 15.9. The van der Waals surface area contributed by atoms with Gasteiger partial charge in [-0.1, -0.05) is 0 Å². The summed E-state index contributed by atoms with van der Waals surface area (Å²) in [6.45, 7) is 3.23. The van der Waals surface area contributed by atoms with E-state index in [1.54, 1.807) is 6.92 Å². The molecule has 0 aliphatic carbocycles. The second kappa shape index (κ2) is 9.49. The number of carbonyl (C=O) groups is 2. The number of nitrogens with zero attached hydrogens (tertiary/aromatic N) is 1. The van der Waals surface area contributed by atoms with E-state index in [2.05, 4.69) is 5.32 Å². The molecule has 0 aliphatic heterocycles. The average molecular weight is 406 g/mol. The van der Waals surface area contributed by atoms with Gasteiger partial charge in [-0.2, -0.15) is 0 Å². The van der Waals surface area contributed by atoms with Crippen LogP contribution in [0.4, 0.5) is 15.8 Å². The van der Waals surface area contributed by atoms with Gasteiger partial charge < -0.3 is 19.5 Å². The van der Waals surface area contributed by atoms with Crippen molar-refractivity contribution in [3.05, 3.63) is 57.9 Å². The minimum absolute atomic E-state index is 0.0807. The van der Waals surface area contributed by atoms with Crippen molar-refractivity contribution < 1.29 is 33.1 Å². The number of nitro benzene ring substituents is 1. The lowest BCUT2D eigenvalue weighted by atomic mass is 10.1. The molecule has 154 valence electrons. The van der Waals surface area contributed by atoms with Crippen molar-refractivity contribution in [2.24, 2.45) is 0 Å². The third-order valence-electron chi connectivity index (χ3n) is 3.76. The number of carbonyl (C=O) groups excluding carboxylic acids is 2. The van der Waals surface area contributed by atoms with Gasteiger partial charge in [0.25, 0.3) is 11.6 Å². The molecule has 1 amide bonds. The minimum Gasteiger partial charge on any atom is -0.493 e. The molecule has 0 heterocycles. The van der Waals surface area contributed by atoms with Crippen LogP contribution in [0.25, 0.3) is 0 Å². The highest BCUT2D eigenvalue weighted by molar-refractivity contribution is 5.99. The minimum atomic E-state index is -1.27. The van der Waals surface area contributed by atoms with Crippen LogP contribution >= 0.6 is 0 Å². The average Bonchev–Trinajstić information content (AvgIpc) is 2.69. The van der Waals surface area contributed by atoms with E-state index in [1.165, 1.54) is 26.2 Å². The standard InChI is InChI=1S/C19H19FN2O7/c1-4-28-17-9-14(15(22(25)26)10-16(17)27-3)19(24)29-11(2)18(23)21-13-7-5-12(20)6-8-13/h5-11H,4H2,1-3H3,(H,21,23)/t11-/m1/s1. The van der Waals surface area contributed by atoms with E-state index in [9.17, 15) is 24.1 Å². The number of nitrogens with one attached hydrogen (secondary N) is 1. The maximum Gasteiger partial charge on any atom is 0.346 e. The van der Waals surface area contributed by atoms with Gasteiger partial charge in [0.05, 0.1) is 24.7 Å². The Bertz CT molecular complexity index is 916. The summed E-state index contributed by atoms with van der Waals surface area (Å²) in [7, 11) is 1.31. The van der Waals surface area contributed by atoms with E-state index in [0.29, 0.717) is 5.69 Å². The van der Waals surface area contributed by atoms with Crippen molar-refractivity contribution in [2.45, 2.75) is 20.0 Å². The number of anilines is 1. The van der Waals surface area contributed by atoms with Crippen LogP contribution in [0.1, 0.15) is 24.2 Å². The Morgan fingerprint density at radius 2 is 1.86 bits per heavy atom. The van der Waals surface area contributed by atoms with Gasteiger partial charge in [-0.3, -0.25) is 14.9 Å². The number of rotatable bonds is 8. The van der Waals surface area contributed by atoms with Crippen molar-refractivity contribution in [3.8, 4) is 11.5 Å². The lowest BCUT2D eigenvalue weighted by Crippen LogP contribution is -2.30. The number of nitro groups is 1. The first-order valence-electron chi connectivity index (χ1n) is 8.53. The molecule has 0 radical (unpaired) electrons. The molecule has 9 nitrogen and oxygen atoms in total. The molecule has 0 spiro atoms. The molecule has 2 rings (SSSR count). The first-order valence-corrected chi connectivity index (χ1v) is 8.53. The molecular weight excluding hydrogens is 387 g/mol. The fourth-order valence-electron chi connectivity index (χ4n) is 2.35. The second-order valence-electron chi connectivity index (χ2n) is 5.75. The van der Waals surface area contributed by atoms with E-state index < -0.39 is 34.4 Å². The summed E-state index contributed by atoms with van der Waals surface area (Å²) in [5.74, 6) is -2.04. The number of esters is 1. The third kappa shape index (κ3) is 5.41. The molecule has 2 aromatic rings. The Labute approximate surface area is 165 Å². The number of methoxy groups -OCH3 is 1. The summed E-state index contributed by atoms with van der Waals surface area (Å²) in [6.07, 6.45) is -1.27. The SMILES string of the molecule is CCOc1cc(C(=O)O[C@H](C)C(=O)Nc2ccc(F)cc2)c([N+](=O)[O-])cc1OC. The molecule has 10 heteroatoms. The Hall–Kier alpha value is -3.69. The zero-order valence-electron chi connectivity index (χ0n) is 15.9. The summed E-state index contributed by atoms with van der Waals surface area (Å²) in [4.78, 5) is 35.3. The van der Waals surface area contributed by atoms with Crippen LogP contribution < -0.4 is 14.8 Å². The van der Waals surface area contributed by atoms with E-state index in [4.69, 9.17) is 14.2 Å². The number of hydrogen-bond donors (Lipinski definition) is 1. The molecule has 0 aliphatic rings. The van der Waals surface area contributed by atoms with Crippen LogP contribution in [0, 0.1) is 15.9 Å².